The summed E-state index contributed by atoms with van der Waals surface area (Å²) >= 11 is 1.56. The van der Waals surface area contributed by atoms with Crippen LogP contribution in [-0.4, -0.2) is 63.2 Å². The second-order valence-corrected chi connectivity index (χ2v) is 10.4. The summed E-state index contributed by atoms with van der Waals surface area (Å²) < 4.78 is 37.0. The standard InChI is InChI=1S/C21H24N6O3S2/c1-2-8-26-18-7-6-16(32(28,29)25-10-12-30-13-11-25)14-17(18)22-20(26)15-31-21-24-23-19-5-3-4-9-27(19)21/h3-7,9,14H,2,8,10-13,15H2,1H3. The van der Waals surface area contributed by atoms with Gasteiger partial charge >= 0.3 is 0 Å². The molecule has 32 heavy (non-hydrogen) atoms. The van der Waals surface area contributed by atoms with Crippen LogP contribution in [0.1, 0.15) is 19.2 Å². The Balaban J connectivity index is 1.46. The third-order valence-corrected chi connectivity index (χ3v) is 8.30. The predicted octanol–water partition coefficient (Wildman–Crippen LogP) is 2.80. The zero-order chi connectivity index (χ0) is 22.1. The van der Waals surface area contributed by atoms with Crippen LogP contribution in [0.25, 0.3) is 16.7 Å². The van der Waals surface area contributed by atoms with Gasteiger partial charge in [0.05, 0.1) is 34.9 Å². The first-order valence-corrected chi connectivity index (χ1v) is 13.0. The molecule has 1 aromatic carbocycles. The summed E-state index contributed by atoms with van der Waals surface area (Å²) in [4.78, 5) is 5.08. The number of thioether (sulfide) groups is 1. The summed E-state index contributed by atoms with van der Waals surface area (Å²) in [5.41, 5.74) is 2.43. The quantitative estimate of drug-likeness (QED) is 0.382. The van der Waals surface area contributed by atoms with Gasteiger partial charge in [0.2, 0.25) is 10.0 Å². The summed E-state index contributed by atoms with van der Waals surface area (Å²) in [6, 6.07) is 11.0. The van der Waals surface area contributed by atoms with Gasteiger partial charge in [0.15, 0.2) is 10.8 Å². The van der Waals surface area contributed by atoms with Crippen LogP contribution in [0.4, 0.5) is 0 Å². The highest BCUT2D eigenvalue weighted by Gasteiger charge is 2.27. The molecule has 0 N–H and O–H groups in total. The lowest BCUT2D eigenvalue weighted by Gasteiger charge is -2.26. The third-order valence-electron chi connectivity index (χ3n) is 5.47. The van der Waals surface area contributed by atoms with Crippen LogP contribution in [0.2, 0.25) is 0 Å². The molecule has 0 spiro atoms. The zero-order valence-corrected chi connectivity index (χ0v) is 19.3. The molecule has 3 aromatic heterocycles. The van der Waals surface area contributed by atoms with Crippen LogP contribution in [0.5, 0.6) is 0 Å². The van der Waals surface area contributed by atoms with Crippen molar-refractivity contribution in [1.29, 1.82) is 0 Å². The lowest BCUT2D eigenvalue weighted by molar-refractivity contribution is 0.0730. The molecule has 168 valence electrons. The van der Waals surface area contributed by atoms with Crippen LogP contribution in [-0.2, 0) is 27.1 Å². The van der Waals surface area contributed by atoms with E-state index in [-0.39, 0.29) is 4.90 Å². The number of imidazole rings is 1. The average molecular weight is 473 g/mol. The summed E-state index contributed by atoms with van der Waals surface area (Å²) in [5.74, 6) is 1.50. The van der Waals surface area contributed by atoms with Crippen molar-refractivity contribution >= 4 is 38.5 Å². The number of morpholine rings is 1. The van der Waals surface area contributed by atoms with Crippen molar-refractivity contribution in [3.63, 3.8) is 0 Å². The van der Waals surface area contributed by atoms with E-state index in [1.807, 2.05) is 34.9 Å². The van der Waals surface area contributed by atoms with E-state index in [4.69, 9.17) is 9.72 Å². The van der Waals surface area contributed by atoms with Gasteiger partial charge in [0.25, 0.3) is 0 Å². The number of fused-ring (bicyclic) bond motifs is 2. The molecule has 0 saturated carbocycles. The van der Waals surface area contributed by atoms with E-state index in [2.05, 4.69) is 21.7 Å². The number of aromatic nitrogens is 5. The minimum absolute atomic E-state index is 0.274. The van der Waals surface area contributed by atoms with Crippen molar-refractivity contribution in [2.45, 2.75) is 35.7 Å². The second-order valence-electron chi connectivity index (χ2n) is 7.55. The molecular weight excluding hydrogens is 448 g/mol. The topological polar surface area (TPSA) is 94.6 Å². The molecule has 11 heteroatoms. The number of pyridine rings is 1. The highest BCUT2D eigenvalue weighted by Crippen LogP contribution is 2.27. The fourth-order valence-electron chi connectivity index (χ4n) is 3.89. The molecule has 0 aliphatic carbocycles. The zero-order valence-electron chi connectivity index (χ0n) is 17.7. The van der Waals surface area contributed by atoms with Gasteiger partial charge in [-0.3, -0.25) is 4.40 Å². The minimum Gasteiger partial charge on any atom is -0.379 e. The van der Waals surface area contributed by atoms with Gasteiger partial charge in [-0.1, -0.05) is 24.8 Å². The first kappa shape index (κ1) is 21.4. The Hall–Kier alpha value is -2.47. The number of hydrogen-bond donors (Lipinski definition) is 0. The van der Waals surface area contributed by atoms with Gasteiger partial charge in [-0.05, 0) is 36.8 Å². The molecule has 4 heterocycles. The number of nitrogens with zero attached hydrogens (tertiary/aromatic N) is 6. The van der Waals surface area contributed by atoms with Gasteiger partial charge in [-0.2, -0.15) is 4.31 Å². The number of rotatable bonds is 7. The van der Waals surface area contributed by atoms with Crippen molar-refractivity contribution in [3.05, 3.63) is 48.4 Å². The smallest absolute Gasteiger partial charge is 0.243 e. The van der Waals surface area contributed by atoms with Crippen LogP contribution in [0.3, 0.4) is 0 Å². The Labute approximate surface area is 190 Å². The molecular formula is C21H24N6O3S2. The normalized spacial score (nSPS) is 15.7. The van der Waals surface area contributed by atoms with Crippen molar-refractivity contribution in [1.82, 2.24) is 28.5 Å². The fourth-order valence-corrected chi connectivity index (χ4v) is 6.19. The van der Waals surface area contributed by atoms with Crippen LogP contribution >= 0.6 is 11.8 Å². The highest BCUT2D eigenvalue weighted by atomic mass is 32.2. The molecule has 4 aromatic rings. The van der Waals surface area contributed by atoms with Gasteiger partial charge in [0.1, 0.15) is 5.82 Å². The summed E-state index contributed by atoms with van der Waals surface area (Å²) in [5, 5.41) is 9.28. The number of aryl methyl sites for hydroxylation is 1. The maximum Gasteiger partial charge on any atom is 0.243 e. The minimum atomic E-state index is -3.56. The SMILES string of the molecule is CCCn1c(CSc2nnc3ccccn23)nc2cc(S(=O)(=O)N3CCOCC3)ccc21. The summed E-state index contributed by atoms with van der Waals surface area (Å²) in [6.07, 6.45) is 2.89. The lowest BCUT2D eigenvalue weighted by atomic mass is 10.3. The molecule has 1 fully saturated rings. The highest BCUT2D eigenvalue weighted by molar-refractivity contribution is 7.98. The van der Waals surface area contributed by atoms with Gasteiger partial charge < -0.3 is 9.30 Å². The number of benzene rings is 1. The number of hydrogen-bond acceptors (Lipinski definition) is 7. The van der Waals surface area contributed by atoms with Crippen molar-refractivity contribution < 1.29 is 13.2 Å². The maximum atomic E-state index is 13.1. The Bertz CT molecular complexity index is 1360. The largest absolute Gasteiger partial charge is 0.379 e. The molecule has 1 aliphatic heterocycles. The van der Waals surface area contributed by atoms with Crippen molar-refractivity contribution in [2.75, 3.05) is 26.3 Å². The van der Waals surface area contributed by atoms with E-state index in [1.54, 1.807) is 23.9 Å². The molecule has 0 amide bonds. The number of sulfonamides is 1. The molecule has 5 rings (SSSR count). The van der Waals surface area contributed by atoms with Crippen LogP contribution in [0.15, 0.2) is 52.6 Å². The molecule has 1 saturated heterocycles. The van der Waals surface area contributed by atoms with Gasteiger partial charge in [-0.25, -0.2) is 13.4 Å². The Morgan fingerprint density at radius 3 is 2.78 bits per heavy atom. The number of ether oxygens (including phenoxy) is 1. The van der Waals surface area contributed by atoms with E-state index >= 15 is 0 Å². The molecule has 0 unspecified atom stereocenters. The maximum absolute atomic E-state index is 13.1. The monoisotopic (exact) mass is 472 g/mol. The lowest BCUT2D eigenvalue weighted by Crippen LogP contribution is -2.40. The van der Waals surface area contributed by atoms with Crippen LogP contribution in [0, 0.1) is 0 Å². The van der Waals surface area contributed by atoms with E-state index in [0.29, 0.717) is 37.6 Å². The van der Waals surface area contributed by atoms with Crippen molar-refractivity contribution in [2.24, 2.45) is 0 Å². The van der Waals surface area contributed by atoms with E-state index in [0.717, 1.165) is 35.1 Å². The molecule has 0 radical (unpaired) electrons. The average Bonchev–Trinajstić information content (AvgIpc) is 3.39. The van der Waals surface area contributed by atoms with Crippen LogP contribution < -0.4 is 0 Å². The second kappa shape index (κ2) is 8.81. The Morgan fingerprint density at radius 2 is 1.97 bits per heavy atom. The summed E-state index contributed by atoms with van der Waals surface area (Å²) in [6.45, 7) is 4.52. The van der Waals surface area contributed by atoms with Gasteiger partial charge in [-0.15, -0.1) is 10.2 Å². The molecule has 0 atom stereocenters. The summed E-state index contributed by atoms with van der Waals surface area (Å²) in [7, 11) is -3.56. The van der Waals surface area contributed by atoms with E-state index in [1.165, 1.54) is 4.31 Å². The Kier molecular flexibility index (Phi) is 5.89. The van der Waals surface area contributed by atoms with E-state index in [9.17, 15) is 8.42 Å². The fraction of sp³-hybridized carbons (Fsp3) is 0.381. The first-order chi connectivity index (χ1) is 15.6. The van der Waals surface area contributed by atoms with Gasteiger partial charge in [0, 0.05) is 25.8 Å². The molecule has 0 bridgehead atoms. The molecule has 9 nitrogen and oxygen atoms in total. The third kappa shape index (κ3) is 3.90. The molecule has 1 aliphatic rings. The Morgan fingerprint density at radius 1 is 1.12 bits per heavy atom. The van der Waals surface area contributed by atoms with E-state index < -0.39 is 10.0 Å². The first-order valence-electron chi connectivity index (χ1n) is 10.6. The predicted molar refractivity (Wildman–Crippen MR) is 122 cm³/mol. The van der Waals surface area contributed by atoms with Crippen molar-refractivity contribution in [3.8, 4) is 0 Å².